The number of ether oxygens (including phenoxy) is 1. The second kappa shape index (κ2) is 6.06. The third kappa shape index (κ3) is 3.18. The van der Waals surface area contributed by atoms with Crippen LogP contribution in [0.4, 0.5) is 0 Å². The average Bonchev–Trinajstić information content (AvgIpc) is 2.96. The Morgan fingerprint density at radius 2 is 2.05 bits per heavy atom. The Kier molecular flexibility index (Phi) is 4.18. The van der Waals surface area contributed by atoms with Gasteiger partial charge in [-0.25, -0.2) is 0 Å². The molecule has 1 aliphatic heterocycles. The summed E-state index contributed by atoms with van der Waals surface area (Å²) in [6.45, 7) is 4.65. The third-order valence-corrected chi connectivity index (χ3v) is 4.49. The Balaban J connectivity index is 1.87. The molecule has 4 heteroatoms. The molecule has 1 aromatic heterocycles. The Bertz CT molecular complexity index is 535. The number of benzene rings is 1. The number of halogens is 1. The quantitative estimate of drug-likeness (QED) is 0.851. The van der Waals surface area contributed by atoms with Crippen molar-refractivity contribution >= 4 is 22.9 Å². The lowest BCUT2D eigenvalue weighted by Crippen LogP contribution is -2.35. The molecule has 1 aromatic carbocycles. The monoisotopic (exact) mass is 293 g/mol. The van der Waals surface area contributed by atoms with Crippen molar-refractivity contribution < 1.29 is 4.74 Å². The van der Waals surface area contributed by atoms with Crippen LogP contribution >= 0.6 is 22.9 Å². The zero-order valence-corrected chi connectivity index (χ0v) is 12.2. The highest BCUT2D eigenvalue weighted by atomic mass is 35.5. The summed E-state index contributed by atoms with van der Waals surface area (Å²) in [5, 5.41) is 2.91. The summed E-state index contributed by atoms with van der Waals surface area (Å²) < 4.78 is 5.40. The van der Waals surface area contributed by atoms with Crippen LogP contribution in [-0.2, 0) is 11.3 Å². The molecule has 0 atom stereocenters. The molecule has 2 nitrogen and oxygen atoms in total. The van der Waals surface area contributed by atoms with Crippen LogP contribution in [0.3, 0.4) is 0 Å². The molecule has 0 aliphatic carbocycles. The van der Waals surface area contributed by atoms with E-state index in [-0.39, 0.29) is 0 Å². The molecule has 1 fully saturated rings. The summed E-state index contributed by atoms with van der Waals surface area (Å²) in [6, 6.07) is 10.4. The molecule has 3 rings (SSSR count). The normalized spacial score (nSPS) is 16.7. The van der Waals surface area contributed by atoms with Crippen LogP contribution in [0.15, 0.2) is 35.7 Å². The molecule has 2 heterocycles. The van der Waals surface area contributed by atoms with Crippen LogP contribution in [0.1, 0.15) is 5.56 Å². The van der Waals surface area contributed by atoms with Gasteiger partial charge in [0.05, 0.1) is 13.2 Å². The van der Waals surface area contributed by atoms with E-state index in [1.807, 2.05) is 6.07 Å². The highest BCUT2D eigenvalue weighted by molar-refractivity contribution is 7.13. The first-order chi connectivity index (χ1) is 9.33. The molecule has 19 heavy (non-hydrogen) atoms. The maximum absolute atomic E-state index is 6.15. The minimum Gasteiger partial charge on any atom is -0.379 e. The molecular weight excluding hydrogens is 278 g/mol. The fourth-order valence-electron chi connectivity index (χ4n) is 2.35. The highest BCUT2D eigenvalue weighted by Gasteiger charge is 2.14. The van der Waals surface area contributed by atoms with E-state index in [1.165, 1.54) is 16.0 Å². The van der Waals surface area contributed by atoms with E-state index in [9.17, 15) is 0 Å². The molecule has 2 aromatic rings. The van der Waals surface area contributed by atoms with Gasteiger partial charge in [-0.05, 0) is 34.7 Å². The van der Waals surface area contributed by atoms with E-state index in [0.717, 1.165) is 37.9 Å². The van der Waals surface area contributed by atoms with Crippen molar-refractivity contribution in [3.05, 3.63) is 46.3 Å². The van der Waals surface area contributed by atoms with Crippen molar-refractivity contribution in [2.45, 2.75) is 6.54 Å². The first-order valence-corrected chi connectivity index (χ1v) is 7.71. The second-order valence-corrected chi connectivity index (χ2v) is 6.05. The molecule has 1 aliphatic rings. The van der Waals surface area contributed by atoms with Crippen molar-refractivity contribution in [2.24, 2.45) is 0 Å². The Hall–Kier alpha value is -0.870. The number of rotatable bonds is 3. The topological polar surface area (TPSA) is 12.5 Å². The zero-order chi connectivity index (χ0) is 13.1. The summed E-state index contributed by atoms with van der Waals surface area (Å²) in [5.74, 6) is 0. The summed E-state index contributed by atoms with van der Waals surface area (Å²) in [7, 11) is 0. The molecular formula is C15H16ClNOS. The zero-order valence-electron chi connectivity index (χ0n) is 10.6. The van der Waals surface area contributed by atoms with Crippen molar-refractivity contribution in [3.63, 3.8) is 0 Å². The minimum atomic E-state index is 0.800. The van der Waals surface area contributed by atoms with Gasteiger partial charge in [0.2, 0.25) is 0 Å². The van der Waals surface area contributed by atoms with Crippen LogP contribution in [0.5, 0.6) is 0 Å². The predicted molar refractivity (Wildman–Crippen MR) is 80.9 cm³/mol. The van der Waals surface area contributed by atoms with E-state index in [1.54, 1.807) is 11.3 Å². The van der Waals surface area contributed by atoms with Crippen molar-refractivity contribution in [1.29, 1.82) is 0 Å². The van der Waals surface area contributed by atoms with Gasteiger partial charge in [-0.15, -0.1) is 11.3 Å². The number of nitrogens with zero attached hydrogens (tertiary/aromatic N) is 1. The van der Waals surface area contributed by atoms with Gasteiger partial charge in [0.1, 0.15) is 0 Å². The van der Waals surface area contributed by atoms with Gasteiger partial charge in [-0.2, -0.15) is 0 Å². The molecule has 0 N–H and O–H groups in total. The Labute approximate surface area is 122 Å². The number of hydrogen-bond donors (Lipinski definition) is 0. The van der Waals surface area contributed by atoms with E-state index >= 15 is 0 Å². The average molecular weight is 294 g/mol. The molecule has 0 saturated carbocycles. The van der Waals surface area contributed by atoms with Gasteiger partial charge in [0, 0.05) is 29.5 Å². The second-order valence-electron chi connectivity index (χ2n) is 4.67. The van der Waals surface area contributed by atoms with E-state index < -0.39 is 0 Å². The summed E-state index contributed by atoms with van der Waals surface area (Å²) in [4.78, 5) is 3.72. The van der Waals surface area contributed by atoms with Crippen molar-refractivity contribution in [3.8, 4) is 10.4 Å². The lowest BCUT2D eigenvalue weighted by molar-refractivity contribution is 0.0342. The molecule has 0 bridgehead atoms. The molecule has 1 saturated heterocycles. The summed E-state index contributed by atoms with van der Waals surface area (Å²) in [6.07, 6.45) is 0. The first-order valence-electron chi connectivity index (χ1n) is 6.45. The van der Waals surface area contributed by atoms with Crippen LogP contribution in [0, 0.1) is 0 Å². The maximum atomic E-state index is 6.15. The van der Waals surface area contributed by atoms with Crippen LogP contribution in [0.25, 0.3) is 10.4 Å². The highest BCUT2D eigenvalue weighted by Crippen LogP contribution is 2.31. The van der Waals surface area contributed by atoms with Crippen LogP contribution in [-0.4, -0.2) is 31.2 Å². The standard InChI is InChI=1S/C15H16ClNOS/c16-13-4-3-12(11-17-5-7-18-8-6-17)14(10-13)15-2-1-9-19-15/h1-4,9-10H,5-8,11H2. The minimum absolute atomic E-state index is 0.800. The van der Waals surface area contributed by atoms with Gasteiger partial charge in [0.25, 0.3) is 0 Å². The molecule has 0 radical (unpaired) electrons. The maximum Gasteiger partial charge on any atom is 0.0594 e. The van der Waals surface area contributed by atoms with Crippen molar-refractivity contribution in [2.75, 3.05) is 26.3 Å². The SMILES string of the molecule is Clc1ccc(CN2CCOCC2)c(-c2cccs2)c1. The Morgan fingerprint density at radius 3 is 2.79 bits per heavy atom. The number of thiophene rings is 1. The number of morpholine rings is 1. The summed E-state index contributed by atoms with van der Waals surface area (Å²) >= 11 is 7.91. The Morgan fingerprint density at radius 1 is 1.21 bits per heavy atom. The lowest BCUT2D eigenvalue weighted by Gasteiger charge is -2.27. The number of hydrogen-bond acceptors (Lipinski definition) is 3. The largest absolute Gasteiger partial charge is 0.379 e. The van der Waals surface area contributed by atoms with Crippen LogP contribution < -0.4 is 0 Å². The van der Waals surface area contributed by atoms with Gasteiger partial charge in [0.15, 0.2) is 0 Å². The molecule has 100 valence electrons. The van der Waals surface area contributed by atoms with E-state index in [4.69, 9.17) is 16.3 Å². The molecule has 0 amide bonds. The predicted octanol–water partition coefficient (Wildman–Crippen LogP) is 3.90. The molecule has 0 spiro atoms. The van der Waals surface area contributed by atoms with E-state index in [2.05, 4.69) is 34.5 Å². The van der Waals surface area contributed by atoms with E-state index in [0.29, 0.717) is 0 Å². The van der Waals surface area contributed by atoms with Crippen LogP contribution in [0.2, 0.25) is 5.02 Å². The fourth-order valence-corrected chi connectivity index (χ4v) is 3.30. The molecule has 0 unspecified atom stereocenters. The lowest BCUT2D eigenvalue weighted by atomic mass is 10.1. The fraction of sp³-hybridized carbons (Fsp3) is 0.333. The van der Waals surface area contributed by atoms with Gasteiger partial charge >= 0.3 is 0 Å². The summed E-state index contributed by atoms with van der Waals surface area (Å²) in [5.41, 5.74) is 2.60. The van der Waals surface area contributed by atoms with Gasteiger partial charge in [-0.3, -0.25) is 4.90 Å². The van der Waals surface area contributed by atoms with Crippen molar-refractivity contribution in [1.82, 2.24) is 4.90 Å². The third-order valence-electron chi connectivity index (χ3n) is 3.36. The smallest absolute Gasteiger partial charge is 0.0594 e. The van der Waals surface area contributed by atoms with Gasteiger partial charge < -0.3 is 4.74 Å². The first kappa shape index (κ1) is 13.1. The van der Waals surface area contributed by atoms with Gasteiger partial charge in [-0.1, -0.05) is 23.7 Å².